The number of benzene rings is 1. The second-order valence-electron chi connectivity index (χ2n) is 7.23. The average molecular weight is 274 g/mol. The molecule has 1 aromatic carbocycles. The van der Waals surface area contributed by atoms with Crippen molar-refractivity contribution in [2.45, 2.75) is 38.3 Å². The summed E-state index contributed by atoms with van der Waals surface area (Å²) in [5.41, 5.74) is 2.84. The third-order valence-corrected chi connectivity index (χ3v) is 5.95. The van der Waals surface area contributed by atoms with E-state index < -0.39 is 0 Å². The molecule has 2 heterocycles. The fourth-order valence-corrected chi connectivity index (χ4v) is 4.87. The van der Waals surface area contributed by atoms with Gasteiger partial charge in [0.15, 0.2) is 0 Å². The molecule has 0 spiro atoms. The number of likely N-dealkylation sites (tertiary alicyclic amines) is 1. The number of hydrogen-bond acceptors (Lipinski definition) is 2. The Morgan fingerprint density at radius 2 is 2.15 bits per heavy atom. The van der Waals surface area contributed by atoms with Crippen molar-refractivity contribution in [2.24, 2.45) is 11.8 Å². The molecular formula is C17H23FN2. The Hall–Kier alpha value is -0.930. The molecule has 2 nitrogen and oxygen atoms in total. The zero-order chi connectivity index (χ0) is 13.9. The standard InChI is InChI=1S/C17H23FN2/c1-17(2)15-9-19-8-12(15)10-20(17)16-6-3-11-7-13(18)4-5-14(11)16/h4-5,7,12,15-16,19H,3,6,8-10H2,1-2H3. The van der Waals surface area contributed by atoms with Gasteiger partial charge in [0.2, 0.25) is 0 Å². The lowest BCUT2D eigenvalue weighted by Gasteiger charge is -2.40. The molecule has 0 aromatic heterocycles. The van der Waals surface area contributed by atoms with Crippen molar-refractivity contribution in [2.75, 3.05) is 19.6 Å². The summed E-state index contributed by atoms with van der Waals surface area (Å²) in [4.78, 5) is 2.70. The van der Waals surface area contributed by atoms with Gasteiger partial charge in [0.1, 0.15) is 5.82 Å². The highest BCUT2D eigenvalue weighted by Crippen LogP contribution is 2.48. The van der Waals surface area contributed by atoms with Crippen molar-refractivity contribution < 1.29 is 4.39 Å². The normalized spacial score (nSPS) is 35.2. The molecule has 3 aliphatic rings. The first-order valence-electron chi connectivity index (χ1n) is 7.83. The fourth-order valence-electron chi connectivity index (χ4n) is 4.87. The first-order valence-corrected chi connectivity index (χ1v) is 7.83. The van der Waals surface area contributed by atoms with Crippen LogP contribution < -0.4 is 5.32 Å². The SMILES string of the molecule is CC1(C)C2CNCC2CN1C1CCc2cc(F)ccc21. The van der Waals surface area contributed by atoms with Gasteiger partial charge in [-0.3, -0.25) is 4.90 Å². The summed E-state index contributed by atoms with van der Waals surface area (Å²) < 4.78 is 13.4. The van der Waals surface area contributed by atoms with Gasteiger partial charge >= 0.3 is 0 Å². The van der Waals surface area contributed by atoms with Gasteiger partial charge in [-0.2, -0.15) is 0 Å². The number of halogens is 1. The van der Waals surface area contributed by atoms with Gasteiger partial charge in [0, 0.05) is 24.7 Å². The summed E-state index contributed by atoms with van der Waals surface area (Å²) in [6.45, 7) is 8.29. The van der Waals surface area contributed by atoms with Crippen molar-refractivity contribution in [1.82, 2.24) is 10.2 Å². The van der Waals surface area contributed by atoms with Gasteiger partial charge in [-0.05, 0) is 68.3 Å². The van der Waals surface area contributed by atoms with Crippen molar-refractivity contribution in [3.8, 4) is 0 Å². The smallest absolute Gasteiger partial charge is 0.123 e. The molecule has 0 radical (unpaired) electrons. The molecule has 3 heteroatoms. The van der Waals surface area contributed by atoms with Gasteiger partial charge in [-0.1, -0.05) is 6.07 Å². The van der Waals surface area contributed by atoms with Gasteiger partial charge in [-0.15, -0.1) is 0 Å². The minimum absolute atomic E-state index is 0.0915. The van der Waals surface area contributed by atoms with Crippen LogP contribution in [0.25, 0.3) is 0 Å². The molecule has 0 bridgehead atoms. The number of hydrogen-bond donors (Lipinski definition) is 1. The van der Waals surface area contributed by atoms with Gasteiger partial charge in [0.05, 0.1) is 0 Å². The third kappa shape index (κ3) is 1.69. The van der Waals surface area contributed by atoms with Crippen LogP contribution in [0.3, 0.4) is 0 Å². The Bertz CT molecular complexity index is 540. The first kappa shape index (κ1) is 12.8. The summed E-state index contributed by atoms with van der Waals surface area (Å²) in [7, 11) is 0. The summed E-state index contributed by atoms with van der Waals surface area (Å²) in [6, 6.07) is 5.87. The highest BCUT2D eigenvalue weighted by molar-refractivity contribution is 5.36. The van der Waals surface area contributed by atoms with Crippen molar-refractivity contribution in [1.29, 1.82) is 0 Å². The predicted molar refractivity (Wildman–Crippen MR) is 78.1 cm³/mol. The van der Waals surface area contributed by atoms with Crippen molar-refractivity contribution >= 4 is 0 Å². The molecule has 2 fully saturated rings. The first-order chi connectivity index (χ1) is 9.57. The largest absolute Gasteiger partial charge is 0.316 e. The molecule has 0 saturated carbocycles. The summed E-state index contributed by atoms with van der Waals surface area (Å²) >= 11 is 0. The summed E-state index contributed by atoms with van der Waals surface area (Å²) in [5.74, 6) is 1.45. The Morgan fingerprint density at radius 3 is 2.95 bits per heavy atom. The zero-order valence-electron chi connectivity index (χ0n) is 12.3. The van der Waals surface area contributed by atoms with Gasteiger partial charge in [0.25, 0.3) is 0 Å². The van der Waals surface area contributed by atoms with Gasteiger partial charge < -0.3 is 5.32 Å². The lowest BCUT2D eigenvalue weighted by atomic mass is 9.84. The topological polar surface area (TPSA) is 15.3 Å². The molecule has 1 aliphatic carbocycles. The van der Waals surface area contributed by atoms with E-state index in [0.717, 1.165) is 37.8 Å². The highest BCUT2D eigenvalue weighted by Gasteiger charge is 2.52. The lowest BCUT2D eigenvalue weighted by molar-refractivity contribution is 0.0888. The average Bonchev–Trinajstić information content (AvgIpc) is 3.05. The van der Waals surface area contributed by atoms with E-state index >= 15 is 0 Å². The minimum Gasteiger partial charge on any atom is -0.316 e. The van der Waals surface area contributed by atoms with Crippen LogP contribution in [0.5, 0.6) is 0 Å². The summed E-state index contributed by atoms with van der Waals surface area (Å²) in [5, 5.41) is 3.54. The van der Waals surface area contributed by atoms with E-state index in [1.807, 2.05) is 6.07 Å². The molecule has 3 unspecified atom stereocenters. The zero-order valence-corrected chi connectivity index (χ0v) is 12.3. The van der Waals surface area contributed by atoms with E-state index in [-0.39, 0.29) is 11.4 Å². The van der Waals surface area contributed by atoms with Crippen LogP contribution in [-0.4, -0.2) is 30.1 Å². The van der Waals surface area contributed by atoms with Crippen LogP contribution in [0.15, 0.2) is 18.2 Å². The molecule has 1 N–H and O–H groups in total. The predicted octanol–water partition coefficient (Wildman–Crippen LogP) is 2.74. The molecule has 20 heavy (non-hydrogen) atoms. The second-order valence-corrected chi connectivity index (χ2v) is 7.23. The Labute approximate surface area is 120 Å². The van der Waals surface area contributed by atoms with Crippen molar-refractivity contribution in [3.63, 3.8) is 0 Å². The third-order valence-electron chi connectivity index (χ3n) is 5.95. The molecular weight excluding hydrogens is 251 g/mol. The molecule has 108 valence electrons. The van der Waals surface area contributed by atoms with Crippen LogP contribution in [0.2, 0.25) is 0 Å². The Morgan fingerprint density at radius 1 is 1.30 bits per heavy atom. The summed E-state index contributed by atoms with van der Waals surface area (Å²) in [6.07, 6.45) is 2.17. The minimum atomic E-state index is -0.0915. The molecule has 4 rings (SSSR count). The van der Waals surface area contributed by atoms with Crippen LogP contribution >= 0.6 is 0 Å². The number of nitrogens with zero attached hydrogens (tertiary/aromatic N) is 1. The highest BCUT2D eigenvalue weighted by atomic mass is 19.1. The number of nitrogens with one attached hydrogen (secondary N) is 1. The Balaban J connectivity index is 1.67. The van der Waals surface area contributed by atoms with Crippen LogP contribution in [0.1, 0.15) is 37.4 Å². The fraction of sp³-hybridized carbons (Fsp3) is 0.647. The quantitative estimate of drug-likeness (QED) is 0.847. The Kier molecular flexibility index (Phi) is 2.74. The molecule has 3 atom stereocenters. The second kappa shape index (κ2) is 4.28. The van der Waals surface area contributed by atoms with E-state index in [2.05, 4.69) is 24.1 Å². The lowest BCUT2D eigenvalue weighted by Crippen LogP contribution is -2.45. The maximum atomic E-state index is 13.4. The van der Waals surface area contributed by atoms with E-state index in [9.17, 15) is 4.39 Å². The van der Waals surface area contributed by atoms with E-state index in [1.54, 1.807) is 12.1 Å². The van der Waals surface area contributed by atoms with Crippen LogP contribution in [0.4, 0.5) is 4.39 Å². The maximum Gasteiger partial charge on any atom is 0.123 e. The van der Waals surface area contributed by atoms with E-state index in [4.69, 9.17) is 0 Å². The molecule has 2 saturated heterocycles. The molecule has 2 aliphatic heterocycles. The van der Waals surface area contributed by atoms with Crippen molar-refractivity contribution in [3.05, 3.63) is 35.1 Å². The van der Waals surface area contributed by atoms with Gasteiger partial charge in [-0.25, -0.2) is 4.39 Å². The van der Waals surface area contributed by atoms with Crippen LogP contribution in [-0.2, 0) is 6.42 Å². The van der Waals surface area contributed by atoms with E-state index in [1.165, 1.54) is 17.7 Å². The number of aryl methyl sites for hydroxylation is 1. The maximum absolute atomic E-state index is 13.4. The number of fused-ring (bicyclic) bond motifs is 2. The monoisotopic (exact) mass is 274 g/mol. The molecule has 1 aromatic rings. The van der Waals surface area contributed by atoms with Crippen LogP contribution in [0, 0.1) is 17.7 Å². The molecule has 0 amide bonds. The number of rotatable bonds is 1. The van der Waals surface area contributed by atoms with E-state index in [0.29, 0.717) is 6.04 Å².